The maximum Gasteiger partial charge on any atom is 0.261 e. The molecule has 0 saturated heterocycles. The molecule has 0 heterocycles. The summed E-state index contributed by atoms with van der Waals surface area (Å²) in [6, 6.07) is 0. The summed E-state index contributed by atoms with van der Waals surface area (Å²) in [4.78, 5) is 0. The van der Waals surface area contributed by atoms with Crippen molar-refractivity contribution in [3.05, 3.63) is 0 Å². The second-order valence-electron chi connectivity index (χ2n) is 3.99. The maximum atomic E-state index is 9.19. The van der Waals surface area contributed by atoms with E-state index in [2.05, 4.69) is 0 Å². The minimum absolute atomic E-state index is 0.310. The Hall–Kier alpha value is -0.260. The van der Waals surface area contributed by atoms with E-state index in [1.54, 1.807) is 6.92 Å². The van der Waals surface area contributed by atoms with E-state index in [1.807, 2.05) is 6.92 Å². The van der Waals surface area contributed by atoms with Gasteiger partial charge in [-0.1, -0.05) is 13.3 Å². The molecule has 4 N–H and O–H groups in total. The normalized spacial score (nSPS) is 14.3. The highest BCUT2D eigenvalue weighted by Gasteiger charge is 2.05. The number of rotatable bonds is 4. The van der Waals surface area contributed by atoms with Gasteiger partial charge in [-0.15, -0.1) is 0 Å². The minimum Gasteiger partial charge on any atom is -0.393 e. The van der Waals surface area contributed by atoms with Crippen molar-refractivity contribution in [3.63, 3.8) is 0 Å². The summed E-state index contributed by atoms with van der Waals surface area (Å²) in [5, 5.41) is 17.8. The van der Waals surface area contributed by atoms with E-state index in [-0.39, 0.29) is 12.2 Å². The Kier molecular flexibility index (Phi) is 14.5. The van der Waals surface area contributed by atoms with E-state index in [0.717, 1.165) is 12.8 Å². The Labute approximate surface area is 115 Å². The molecule has 0 aliphatic carbocycles. The molecule has 0 radical (unpaired) electrons. The average Bonchev–Trinajstić information content (AvgIpc) is 1.94. The first-order valence-corrected chi connectivity index (χ1v) is 9.07. The summed E-state index contributed by atoms with van der Waals surface area (Å²) < 4.78 is 51.7. The van der Waals surface area contributed by atoms with Crippen LogP contribution in [0.3, 0.4) is 0 Å². The van der Waals surface area contributed by atoms with Gasteiger partial charge in [-0.25, -0.2) is 0 Å². The van der Waals surface area contributed by atoms with Gasteiger partial charge in [-0.05, 0) is 19.8 Å². The quantitative estimate of drug-likeness (QED) is 0.525. The van der Waals surface area contributed by atoms with Crippen molar-refractivity contribution in [1.29, 1.82) is 0 Å². The number of hydrogen-bond acceptors (Lipinski definition) is 6. The highest BCUT2D eigenvalue weighted by atomic mass is 32.2. The molecule has 10 heteroatoms. The van der Waals surface area contributed by atoms with Gasteiger partial charge >= 0.3 is 0 Å². The van der Waals surface area contributed by atoms with Crippen LogP contribution >= 0.6 is 0 Å². The van der Waals surface area contributed by atoms with Crippen LogP contribution in [0.2, 0.25) is 0 Å². The fourth-order valence-electron chi connectivity index (χ4n) is 0.845. The molecule has 120 valence electrons. The van der Waals surface area contributed by atoms with Crippen molar-refractivity contribution in [1.82, 2.24) is 0 Å². The average molecular weight is 324 g/mol. The van der Waals surface area contributed by atoms with E-state index in [9.17, 15) is 16.8 Å². The first kappa shape index (κ1) is 23.8. The Morgan fingerprint density at radius 2 is 1.21 bits per heavy atom. The zero-order valence-corrected chi connectivity index (χ0v) is 13.1. The lowest BCUT2D eigenvalue weighted by atomic mass is 10.1. The van der Waals surface area contributed by atoms with Crippen molar-refractivity contribution in [2.24, 2.45) is 0 Å². The second kappa shape index (κ2) is 11.6. The standard InChI is InChI=1S/C7H16O2.2CH4O3S/c1-3-4-7(9)5-6(2)8;2*1-5(2,3)4/h6-9H,3-5H2,1-2H3;2*1H3,(H,2,3,4). The molecular weight excluding hydrogens is 300 g/mol. The maximum absolute atomic E-state index is 9.19. The molecule has 0 saturated carbocycles. The molecule has 0 spiro atoms. The third-order valence-electron chi connectivity index (χ3n) is 1.24. The van der Waals surface area contributed by atoms with Crippen molar-refractivity contribution in [2.75, 3.05) is 12.5 Å². The van der Waals surface area contributed by atoms with Gasteiger partial charge in [0.15, 0.2) is 0 Å². The van der Waals surface area contributed by atoms with Crippen molar-refractivity contribution in [3.8, 4) is 0 Å². The van der Waals surface area contributed by atoms with Gasteiger partial charge in [0.1, 0.15) is 0 Å². The van der Waals surface area contributed by atoms with Gasteiger partial charge in [-0.3, -0.25) is 9.11 Å². The first-order chi connectivity index (χ1) is 8.16. The van der Waals surface area contributed by atoms with E-state index >= 15 is 0 Å². The number of hydrogen-bond donors (Lipinski definition) is 4. The lowest BCUT2D eigenvalue weighted by molar-refractivity contribution is 0.0848. The molecule has 0 fully saturated rings. The van der Waals surface area contributed by atoms with Crippen LogP contribution in [0.25, 0.3) is 0 Å². The highest BCUT2D eigenvalue weighted by Crippen LogP contribution is 2.03. The molecule has 0 rings (SSSR count). The third-order valence-corrected chi connectivity index (χ3v) is 1.24. The monoisotopic (exact) mass is 324 g/mol. The second-order valence-corrected chi connectivity index (χ2v) is 6.93. The predicted octanol–water partition coefficient (Wildman–Crippen LogP) is -0.0737. The van der Waals surface area contributed by atoms with Crippen molar-refractivity contribution in [2.45, 2.75) is 45.3 Å². The van der Waals surface area contributed by atoms with Gasteiger partial charge in [0, 0.05) is 0 Å². The van der Waals surface area contributed by atoms with Gasteiger partial charge in [-0.2, -0.15) is 16.8 Å². The molecule has 0 aromatic rings. The first-order valence-electron chi connectivity index (χ1n) is 5.37. The van der Waals surface area contributed by atoms with Crippen molar-refractivity contribution >= 4 is 20.2 Å². The Balaban J connectivity index is -0.000000219. The van der Waals surface area contributed by atoms with Crippen LogP contribution in [-0.4, -0.2) is 60.9 Å². The van der Waals surface area contributed by atoms with Crippen LogP contribution in [0.15, 0.2) is 0 Å². The number of aliphatic hydroxyl groups excluding tert-OH is 2. The lowest BCUT2D eigenvalue weighted by Gasteiger charge is -2.09. The summed E-state index contributed by atoms with van der Waals surface area (Å²) in [5.74, 6) is 0. The molecule has 8 nitrogen and oxygen atoms in total. The molecule has 19 heavy (non-hydrogen) atoms. The largest absolute Gasteiger partial charge is 0.393 e. The summed E-state index contributed by atoms with van der Waals surface area (Å²) >= 11 is 0. The summed E-state index contributed by atoms with van der Waals surface area (Å²) in [6.45, 7) is 3.71. The van der Waals surface area contributed by atoms with E-state index in [0.29, 0.717) is 18.9 Å². The fraction of sp³-hybridized carbons (Fsp3) is 1.00. The molecule has 0 aromatic heterocycles. The van der Waals surface area contributed by atoms with E-state index < -0.39 is 20.2 Å². The molecule has 0 aliphatic rings. The molecule has 0 amide bonds. The van der Waals surface area contributed by atoms with Gasteiger partial charge in [0.25, 0.3) is 20.2 Å². The minimum atomic E-state index is -3.67. The van der Waals surface area contributed by atoms with Crippen LogP contribution in [0, 0.1) is 0 Å². The van der Waals surface area contributed by atoms with Crippen molar-refractivity contribution < 1.29 is 36.2 Å². The smallest absolute Gasteiger partial charge is 0.261 e. The van der Waals surface area contributed by atoms with Gasteiger partial charge in [0.2, 0.25) is 0 Å². The SMILES string of the molecule is CCCC(O)CC(C)O.CS(=O)(=O)O.CS(=O)(=O)O. The number of aliphatic hydroxyl groups is 2. The molecular formula is C9H24O8S2. The van der Waals surface area contributed by atoms with Crippen LogP contribution in [0.5, 0.6) is 0 Å². The summed E-state index contributed by atoms with van der Waals surface area (Å²) in [5.41, 5.74) is 0. The molecule has 2 unspecified atom stereocenters. The Morgan fingerprint density at radius 3 is 1.37 bits per heavy atom. The Morgan fingerprint density at radius 1 is 0.947 bits per heavy atom. The summed E-state index contributed by atoms with van der Waals surface area (Å²) in [6.07, 6.45) is 3.04. The van der Waals surface area contributed by atoms with E-state index in [4.69, 9.17) is 19.3 Å². The molecule has 0 aliphatic heterocycles. The van der Waals surface area contributed by atoms with Gasteiger partial charge < -0.3 is 10.2 Å². The highest BCUT2D eigenvalue weighted by molar-refractivity contribution is 7.85. The van der Waals surface area contributed by atoms with Crippen LogP contribution in [0.4, 0.5) is 0 Å². The summed E-state index contributed by atoms with van der Waals surface area (Å²) in [7, 11) is -7.33. The van der Waals surface area contributed by atoms with Crippen LogP contribution in [0.1, 0.15) is 33.1 Å². The zero-order chi connectivity index (χ0) is 16.3. The third kappa shape index (κ3) is 96.7. The van der Waals surface area contributed by atoms with E-state index in [1.165, 1.54) is 0 Å². The fourth-order valence-corrected chi connectivity index (χ4v) is 0.845. The topological polar surface area (TPSA) is 149 Å². The van der Waals surface area contributed by atoms with Crippen LogP contribution in [-0.2, 0) is 20.2 Å². The Bertz CT molecular complexity index is 338. The molecule has 2 atom stereocenters. The lowest BCUT2D eigenvalue weighted by Crippen LogP contribution is -2.13. The molecule has 0 aromatic carbocycles. The van der Waals surface area contributed by atoms with Gasteiger partial charge in [0.05, 0.1) is 24.7 Å². The van der Waals surface area contributed by atoms with Crippen LogP contribution < -0.4 is 0 Å². The molecule has 0 bridgehead atoms. The zero-order valence-electron chi connectivity index (χ0n) is 11.5. The predicted molar refractivity (Wildman–Crippen MR) is 72.2 cm³/mol.